The molecule has 0 aliphatic carbocycles. The maximum atomic E-state index is 5.03. The summed E-state index contributed by atoms with van der Waals surface area (Å²) < 4.78 is 7.19. The zero-order valence-corrected chi connectivity index (χ0v) is 12.4. The largest absolute Gasteiger partial charge is 0.383 e. The Bertz CT molecular complexity index is 345. The van der Waals surface area contributed by atoms with Crippen LogP contribution >= 0.6 is 0 Å². The molecule has 0 saturated carbocycles. The molecule has 1 aromatic rings. The van der Waals surface area contributed by atoms with Gasteiger partial charge in [0.2, 0.25) is 0 Å². The van der Waals surface area contributed by atoms with Crippen LogP contribution in [0.3, 0.4) is 0 Å². The van der Waals surface area contributed by atoms with Crippen LogP contribution in [0.15, 0.2) is 6.20 Å². The van der Waals surface area contributed by atoms with Crippen molar-refractivity contribution in [3.8, 4) is 0 Å². The number of hydrogen-bond acceptors (Lipinski definition) is 3. The fourth-order valence-electron chi connectivity index (χ4n) is 2.13. The predicted molar refractivity (Wildman–Crippen MR) is 74.7 cm³/mol. The van der Waals surface area contributed by atoms with Gasteiger partial charge in [-0.2, -0.15) is 5.10 Å². The topological polar surface area (TPSA) is 39.1 Å². The fraction of sp³-hybridized carbons (Fsp3) is 0.786. The third-order valence-corrected chi connectivity index (χ3v) is 2.84. The summed E-state index contributed by atoms with van der Waals surface area (Å²) in [7, 11) is 1.72. The minimum absolute atomic E-state index is 0.505. The van der Waals surface area contributed by atoms with Gasteiger partial charge in [0.05, 0.1) is 12.8 Å². The highest BCUT2D eigenvalue weighted by Gasteiger charge is 2.14. The highest BCUT2D eigenvalue weighted by Crippen LogP contribution is 2.20. The van der Waals surface area contributed by atoms with E-state index in [-0.39, 0.29) is 0 Å². The van der Waals surface area contributed by atoms with Crippen molar-refractivity contribution >= 4 is 0 Å². The number of hydrogen-bond donors (Lipinski definition) is 1. The SMILES string of the molecule is COCCNCc1cnn(CC(C)C)c1C(C)C. The first-order valence-corrected chi connectivity index (χ1v) is 6.80. The van der Waals surface area contributed by atoms with Crippen molar-refractivity contribution in [1.82, 2.24) is 15.1 Å². The predicted octanol–water partition coefficient (Wildman–Crippen LogP) is 2.40. The quantitative estimate of drug-likeness (QED) is 0.723. The van der Waals surface area contributed by atoms with Gasteiger partial charge >= 0.3 is 0 Å². The number of methoxy groups -OCH3 is 1. The van der Waals surface area contributed by atoms with Crippen LogP contribution in [0.4, 0.5) is 0 Å². The van der Waals surface area contributed by atoms with Crippen LogP contribution in [-0.4, -0.2) is 30.0 Å². The summed E-state index contributed by atoms with van der Waals surface area (Å²) >= 11 is 0. The van der Waals surface area contributed by atoms with E-state index in [1.165, 1.54) is 11.3 Å². The Labute approximate surface area is 111 Å². The molecule has 0 spiro atoms. The second kappa shape index (κ2) is 7.54. The Morgan fingerprint density at radius 1 is 1.33 bits per heavy atom. The lowest BCUT2D eigenvalue weighted by atomic mass is 10.1. The molecule has 0 bridgehead atoms. The first-order chi connectivity index (χ1) is 8.56. The van der Waals surface area contributed by atoms with Gasteiger partial charge < -0.3 is 10.1 Å². The Hall–Kier alpha value is -0.870. The van der Waals surface area contributed by atoms with Gasteiger partial charge in [0.1, 0.15) is 0 Å². The zero-order chi connectivity index (χ0) is 13.5. The lowest BCUT2D eigenvalue weighted by Gasteiger charge is -2.14. The summed E-state index contributed by atoms with van der Waals surface area (Å²) in [6.07, 6.45) is 2.00. The van der Waals surface area contributed by atoms with E-state index in [2.05, 4.69) is 42.8 Å². The molecule has 0 fully saturated rings. The van der Waals surface area contributed by atoms with Crippen molar-refractivity contribution in [3.63, 3.8) is 0 Å². The van der Waals surface area contributed by atoms with Crippen LogP contribution in [0.25, 0.3) is 0 Å². The molecule has 1 aromatic heterocycles. The molecule has 0 amide bonds. The molecule has 104 valence electrons. The van der Waals surface area contributed by atoms with Gasteiger partial charge in [-0.25, -0.2) is 0 Å². The van der Waals surface area contributed by atoms with Gasteiger partial charge in [0.25, 0.3) is 0 Å². The van der Waals surface area contributed by atoms with Gasteiger partial charge in [-0.3, -0.25) is 4.68 Å². The number of nitrogens with zero attached hydrogens (tertiary/aromatic N) is 2. The lowest BCUT2D eigenvalue weighted by molar-refractivity contribution is 0.199. The van der Waals surface area contributed by atoms with Crippen molar-refractivity contribution in [3.05, 3.63) is 17.5 Å². The monoisotopic (exact) mass is 253 g/mol. The van der Waals surface area contributed by atoms with E-state index in [4.69, 9.17) is 4.74 Å². The minimum Gasteiger partial charge on any atom is -0.383 e. The summed E-state index contributed by atoms with van der Waals surface area (Å²) in [5.41, 5.74) is 2.66. The molecule has 1 heterocycles. The van der Waals surface area contributed by atoms with Crippen molar-refractivity contribution in [2.45, 2.75) is 46.7 Å². The molecule has 1 N–H and O–H groups in total. The zero-order valence-electron chi connectivity index (χ0n) is 12.4. The van der Waals surface area contributed by atoms with Crippen LogP contribution in [0.2, 0.25) is 0 Å². The van der Waals surface area contributed by atoms with E-state index >= 15 is 0 Å². The molecule has 18 heavy (non-hydrogen) atoms. The van der Waals surface area contributed by atoms with Crippen molar-refractivity contribution in [2.75, 3.05) is 20.3 Å². The van der Waals surface area contributed by atoms with Crippen LogP contribution in [-0.2, 0) is 17.8 Å². The van der Waals surface area contributed by atoms with Crippen LogP contribution in [0, 0.1) is 5.92 Å². The summed E-state index contributed by atoms with van der Waals surface area (Å²) in [6.45, 7) is 12.4. The summed E-state index contributed by atoms with van der Waals surface area (Å²) in [4.78, 5) is 0. The van der Waals surface area contributed by atoms with Gasteiger partial charge in [0, 0.05) is 38.0 Å². The molecule has 0 aliphatic rings. The second-order valence-electron chi connectivity index (χ2n) is 5.46. The molecule has 1 rings (SSSR count). The molecule has 0 unspecified atom stereocenters. The Morgan fingerprint density at radius 2 is 2.06 bits per heavy atom. The molecule has 0 radical (unpaired) electrons. The fourth-order valence-corrected chi connectivity index (χ4v) is 2.13. The average molecular weight is 253 g/mol. The van der Waals surface area contributed by atoms with Crippen LogP contribution in [0.5, 0.6) is 0 Å². The molecule has 0 aromatic carbocycles. The molecular weight excluding hydrogens is 226 g/mol. The van der Waals surface area contributed by atoms with E-state index < -0.39 is 0 Å². The van der Waals surface area contributed by atoms with E-state index in [9.17, 15) is 0 Å². The maximum Gasteiger partial charge on any atom is 0.0587 e. The Kier molecular flexibility index (Phi) is 6.36. The second-order valence-corrected chi connectivity index (χ2v) is 5.46. The molecule has 0 aliphatic heterocycles. The summed E-state index contributed by atoms with van der Waals surface area (Å²) in [6, 6.07) is 0. The minimum atomic E-state index is 0.505. The first-order valence-electron chi connectivity index (χ1n) is 6.80. The molecule has 0 saturated heterocycles. The first kappa shape index (κ1) is 15.2. The molecular formula is C14H27N3O. The number of nitrogens with one attached hydrogen (secondary N) is 1. The average Bonchev–Trinajstić information content (AvgIpc) is 2.66. The number of ether oxygens (including phenoxy) is 1. The molecule has 4 heteroatoms. The molecule has 0 atom stereocenters. The Balaban J connectivity index is 2.69. The maximum absolute atomic E-state index is 5.03. The van der Waals surface area contributed by atoms with Gasteiger partial charge in [-0.05, 0) is 11.8 Å². The molecule has 4 nitrogen and oxygen atoms in total. The highest BCUT2D eigenvalue weighted by atomic mass is 16.5. The highest BCUT2D eigenvalue weighted by molar-refractivity contribution is 5.21. The third-order valence-electron chi connectivity index (χ3n) is 2.84. The van der Waals surface area contributed by atoms with E-state index in [0.717, 1.165) is 26.2 Å². The number of rotatable bonds is 8. The summed E-state index contributed by atoms with van der Waals surface area (Å²) in [5.74, 6) is 1.13. The standard InChI is InChI=1S/C14H27N3O/c1-11(2)10-17-14(12(3)4)13(9-16-17)8-15-6-7-18-5/h9,11-12,15H,6-8,10H2,1-5H3. The van der Waals surface area contributed by atoms with Crippen LogP contribution < -0.4 is 5.32 Å². The Morgan fingerprint density at radius 3 is 2.61 bits per heavy atom. The third kappa shape index (κ3) is 4.42. The van der Waals surface area contributed by atoms with E-state index in [1.807, 2.05) is 6.20 Å². The van der Waals surface area contributed by atoms with Crippen molar-refractivity contribution < 1.29 is 4.74 Å². The smallest absolute Gasteiger partial charge is 0.0587 e. The van der Waals surface area contributed by atoms with Gasteiger partial charge in [0.15, 0.2) is 0 Å². The normalized spacial score (nSPS) is 11.7. The lowest BCUT2D eigenvalue weighted by Crippen LogP contribution is -2.20. The van der Waals surface area contributed by atoms with Gasteiger partial charge in [-0.1, -0.05) is 27.7 Å². The summed E-state index contributed by atoms with van der Waals surface area (Å²) in [5, 5.41) is 7.91. The van der Waals surface area contributed by atoms with Crippen LogP contribution in [0.1, 0.15) is 44.9 Å². The van der Waals surface area contributed by atoms with E-state index in [1.54, 1.807) is 7.11 Å². The van der Waals surface area contributed by atoms with E-state index in [0.29, 0.717) is 11.8 Å². The van der Waals surface area contributed by atoms with Crippen molar-refractivity contribution in [2.24, 2.45) is 5.92 Å². The van der Waals surface area contributed by atoms with Crippen molar-refractivity contribution in [1.29, 1.82) is 0 Å². The van der Waals surface area contributed by atoms with Gasteiger partial charge in [-0.15, -0.1) is 0 Å². The number of aromatic nitrogens is 2.